The highest BCUT2D eigenvalue weighted by atomic mass is 16.5. The van der Waals surface area contributed by atoms with E-state index in [4.69, 9.17) is 4.74 Å². The highest BCUT2D eigenvalue weighted by molar-refractivity contribution is 4.96. The van der Waals surface area contributed by atoms with E-state index in [9.17, 15) is 0 Å². The molecule has 1 unspecified atom stereocenters. The number of hydrogen-bond donors (Lipinski definition) is 1. The summed E-state index contributed by atoms with van der Waals surface area (Å²) < 4.78 is 7.50. The molecule has 0 aliphatic carbocycles. The van der Waals surface area contributed by atoms with Gasteiger partial charge in [-0.2, -0.15) is 0 Å². The molecule has 1 N–H and O–H groups in total. The molecule has 1 atom stereocenters. The molecule has 1 rings (SSSR count). The van der Waals surface area contributed by atoms with Gasteiger partial charge in [-0.25, -0.2) is 4.98 Å². The fraction of sp³-hybridized carbons (Fsp3) is 0.750. The molecule has 0 bridgehead atoms. The maximum atomic E-state index is 5.27. The van der Waals surface area contributed by atoms with Crippen molar-refractivity contribution in [3.05, 3.63) is 18.2 Å². The Balaban J connectivity index is 2.70. The van der Waals surface area contributed by atoms with Gasteiger partial charge in [0.05, 0.1) is 12.6 Å². The molecule has 0 aliphatic heterocycles. The second-order valence-corrected chi connectivity index (χ2v) is 3.92. The van der Waals surface area contributed by atoms with Crippen LogP contribution in [0.3, 0.4) is 0 Å². The largest absolute Gasteiger partial charge is 0.382 e. The Labute approximate surface area is 98.0 Å². The minimum absolute atomic E-state index is 0.342. The third-order valence-corrected chi connectivity index (χ3v) is 2.60. The molecule has 4 heteroatoms. The minimum Gasteiger partial charge on any atom is -0.382 e. The zero-order valence-corrected chi connectivity index (χ0v) is 10.6. The van der Waals surface area contributed by atoms with Crippen LogP contribution in [0.15, 0.2) is 12.4 Å². The van der Waals surface area contributed by atoms with Crippen LogP contribution in [0.2, 0.25) is 0 Å². The van der Waals surface area contributed by atoms with Gasteiger partial charge in [-0.1, -0.05) is 13.8 Å². The van der Waals surface area contributed by atoms with E-state index in [0.29, 0.717) is 6.04 Å². The van der Waals surface area contributed by atoms with Gasteiger partial charge in [0.25, 0.3) is 0 Å². The number of likely N-dealkylation sites (N-methyl/N-ethyl adjacent to an activating group) is 1. The van der Waals surface area contributed by atoms with Gasteiger partial charge in [0.15, 0.2) is 0 Å². The predicted molar refractivity (Wildman–Crippen MR) is 65.7 cm³/mol. The van der Waals surface area contributed by atoms with Crippen LogP contribution in [-0.2, 0) is 11.2 Å². The lowest BCUT2D eigenvalue weighted by Gasteiger charge is -2.20. The second kappa shape index (κ2) is 7.41. The van der Waals surface area contributed by atoms with Crippen molar-refractivity contribution < 1.29 is 4.74 Å². The fourth-order valence-corrected chi connectivity index (χ4v) is 1.83. The lowest BCUT2D eigenvalue weighted by atomic mass is 10.2. The predicted octanol–water partition coefficient (Wildman–Crippen LogP) is 1.63. The van der Waals surface area contributed by atoms with Crippen LogP contribution in [0.25, 0.3) is 0 Å². The number of hydrogen-bond acceptors (Lipinski definition) is 3. The van der Waals surface area contributed by atoms with Gasteiger partial charge >= 0.3 is 0 Å². The molecule has 0 aromatic carbocycles. The van der Waals surface area contributed by atoms with Gasteiger partial charge < -0.3 is 14.6 Å². The zero-order valence-electron chi connectivity index (χ0n) is 10.6. The maximum absolute atomic E-state index is 5.27. The summed E-state index contributed by atoms with van der Waals surface area (Å²) in [4.78, 5) is 4.40. The molecule has 0 amide bonds. The van der Waals surface area contributed by atoms with Crippen molar-refractivity contribution in [3.63, 3.8) is 0 Å². The van der Waals surface area contributed by atoms with Crippen LogP contribution in [0.5, 0.6) is 0 Å². The highest BCUT2D eigenvalue weighted by Crippen LogP contribution is 2.11. The molecule has 0 fully saturated rings. The van der Waals surface area contributed by atoms with Gasteiger partial charge in [-0.3, -0.25) is 0 Å². The summed E-state index contributed by atoms with van der Waals surface area (Å²) in [6.07, 6.45) is 6.07. The SMILES string of the molecule is CCCc1nccn1C(CNCC)COC. The first kappa shape index (κ1) is 13.2. The molecule has 1 heterocycles. The van der Waals surface area contributed by atoms with Gasteiger partial charge in [0, 0.05) is 32.5 Å². The van der Waals surface area contributed by atoms with E-state index >= 15 is 0 Å². The van der Waals surface area contributed by atoms with Crippen LogP contribution < -0.4 is 5.32 Å². The zero-order chi connectivity index (χ0) is 11.8. The summed E-state index contributed by atoms with van der Waals surface area (Å²) in [5.74, 6) is 1.16. The number of ether oxygens (including phenoxy) is 1. The van der Waals surface area contributed by atoms with Crippen molar-refractivity contribution in [3.8, 4) is 0 Å². The van der Waals surface area contributed by atoms with E-state index in [1.807, 2.05) is 12.4 Å². The van der Waals surface area contributed by atoms with Crippen LogP contribution in [0.4, 0.5) is 0 Å². The summed E-state index contributed by atoms with van der Waals surface area (Å²) in [5, 5.41) is 3.36. The minimum atomic E-state index is 0.342. The molecule has 16 heavy (non-hydrogen) atoms. The lowest BCUT2D eigenvalue weighted by Crippen LogP contribution is -2.29. The third-order valence-electron chi connectivity index (χ3n) is 2.60. The van der Waals surface area contributed by atoms with E-state index in [-0.39, 0.29) is 0 Å². The number of aryl methyl sites for hydroxylation is 1. The molecule has 0 saturated carbocycles. The smallest absolute Gasteiger partial charge is 0.108 e. The molecule has 1 aromatic rings. The average Bonchev–Trinajstić information content (AvgIpc) is 2.73. The van der Waals surface area contributed by atoms with E-state index in [1.54, 1.807) is 7.11 Å². The summed E-state index contributed by atoms with van der Waals surface area (Å²) in [6.45, 7) is 6.93. The monoisotopic (exact) mass is 225 g/mol. The van der Waals surface area contributed by atoms with E-state index in [0.717, 1.165) is 38.4 Å². The number of aromatic nitrogens is 2. The fourth-order valence-electron chi connectivity index (χ4n) is 1.83. The Bertz CT molecular complexity index is 286. The van der Waals surface area contributed by atoms with Crippen molar-refractivity contribution in [2.45, 2.75) is 32.7 Å². The Morgan fingerprint density at radius 3 is 2.94 bits per heavy atom. The van der Waals surface area contributed by atoms with E-state index in [1.165, 1.54) is 0 Å². The summed E-state index contributed by atoms with van der Waals surface area (Å²) in [6, 6.07) is 0.342. The molecule has 0 spiro atoms. The van der Waals surface area contributed by atoms with Crippen LogP contribution in [0, 0.1) is 0 Å². The Morgan fingerprint density at radius 1 is 1.50 bits per heavy atom. The summed E-state index contributed by atoms with van der Waals surface area (Å²) >= 11 is 0. The molecule has 0 saturated heterocycles. The quantitative estimate of drug-likeness (QED) is 0.731. The van der Waals surface area contributed by atoms with Crippen LogP contribution in [-0.4, -0.2) is 36.4 Å². The van der Waals surface area contributed by atoms with E-state index < -0.39 is 0 Å². The number of nitrogens with one attached hydrogen (secondary N) is 1. The average molecular weight is 225 g/mol. The molecule has 0 radical (unpaired) electrons. The molecule has 4 nitrogen and oxygen atoms in total. The van der Waals surface area contributed by atoms with Crippen molar-refractivity contribution in [2.75, 3.05) is 26.8 Å². The normalized spacial score (nSPS) is 12.9. The number of imidazole rings is 1. The maximum Gasteiger partial charge on any atom is 0.108 e. The van der Waals surface area contributed by atoms with Gasteiger partial charge in [0.2, 0.25) is 0 Å². The van der Waals surface area contributed by atoms with Gasteiger partial charge in [-0.15, -0.1) is 0 Å². The van der Waals surface area contributed by atoms with Gasteiger partial charge in [-0.05, 0) is 13.0 Å². The van der Waals surface area contributed by atoms with Crippen molar-refractivity contribution >= 4 is 0 Å². The van der Waals surface area contributed by atoms with Crippen LogP contribution in [0.1, 0.15) is 32.1 Å². The first-order valence-electron chi connectivity index (χ1n) is 6.04. The first-order valence-corrected chi connectivity index (χ1v) is 6.04. The number of methoxy groups -OCH3 is 1. The molecule has 0 aliphatic rings. The van der Waals surface area contributed by atoms with Gasteiger partial charge in [0.1, 0.15) is 5.82 Å². The molecule has 1 aromatic heterocycles. The summed E-state index contributed by atoms with van der Waals surface area (Å²) in [5.41, 5.74) is 0. The second-order valence-electron chi connectivity index (χ2n) is 3.92. The van der Waals surface area contributed by atoms with Crippen molar-refractivity contribution in [1.82, 2.24) is 14.9 Å². The topological polar surface area (TPSA) is 39.1 Å². The number of rotatable bonds is 8. The third kappa shape index (κ3) is 3.61. The molecular weight excluding hydrogens is 202 g/mol. The number of nitrogens with zero attached hydrogens (tertiary/aromatic N) is 2. The Kier molecular flexibility index (Phi) is 6.11. The van der Waals surface area contributed by atoms with E-state index in [2.05, 4.69) is 28.7 Å². The lowest BCUT2D eigenvalue weighted by molar-refractivity contribution is 0.152. The first-order chi connectivity index (χ1) is 7.83. The highest BCUT2D eigenvalue weighted by Gasteiger charge is 2.13. The van der Waals surface area contributed by atoms with Crippen LogP contribution >= 0.6 is 0 Å². The standard InChI is InChI=1S/C12H23N3O/c1-4-6-12-14-7-8-15(12)11(10-16-3)9-13-5-2/h7-8,11,13H,4-6,9-10H2,1-3H3. The Hall–Kier alpha value is -0.870. The molecule has 92 valence electrons. The summed E-state index contributed by atoms with van der Waals surface area (Å²) in [7, 11) is 1.75. The molecular formula is C12H23N3O. The van der Waals surface area contributed by atoms with Crippen molar-refractivity contribution in [1.29, 1.82) is 0 Å². The van der Waals surface area contributed by atoms with Crippen molar-refractivity contribution in [2.24, 2.45) is 0 Å². The Morgan fingerprint density at radius 2 is 2.31 bits per heavy atom.